The summed E-state index contributed by atoms with van der Waals surface area (Å²) in [6, 6.07) is 4.26. The van der Waals surface area contributed by atoms with Crippen molar-refractivity contribution in [2.45, 2.75) is 31.8 Å². The molecule has 136 valence electrons. The molecule has 0 spiro atoms. The lowest BCUT2D eigenvalue weighted by Crippen LogP contribution is -2.55. The molecule has 0 aliphatic carbocycles. The van der Waals surface area contributed by atoms with E-state index in [9.17, 15) is 18.4 Å². The predicted molar refractivity (Wildman–Crippen MR) is 91.3 cm³/mol. The maximum absolute atomic E-state index is 14.2. The zero-order chi connectivity index (χ0) is 19.0. The Morgan fingerprint density at radius 1 is 1.35 bits per heavy atom. The molecule has 3 N–H and O–H groups in total. The SMILES string of the molecule is C[C@@H](c1ccc(F)cc1F)C(C(N)=O)N1C(=O)Nc2cccnc2[C@@H]1C. The van der Waals surface area contributed by atoms with Crippen molar-refractivity contribution in [2.75, 3.05) is 5.32 Å². The Hall–Kier alpha value is -3.03. The van der Waals surface area contributed by atoms with Crippen molar-refractivity contribution in [2.24, 2.45) is 5.73 Å². The van der Waals surface area contributed by atoms with E-state index >= 15 is 0 Å². The molecule has 26 heavy (non-hydrogen) atoms. The third-order valence-electron chi connectivity index (χ3n) is 4.65. The van der Waals surface area contributed by atoms with Crippen molar-refractivity contribution in [3.63, 3.8) is 0 Å². The van der Waals surface area contributed by atoms with E-state index in [4.69, 9.17) is 5.73 Å². The van der Waals surface area contributed by atoms with Gasteiger partial charge in [-0.25, -0.2) is 13.6 Å². The van der Waals surface area contributed by atoms with E-state index in [2.05, 4.69) is 10.3 Å². The number of hydrogen-bond acceptors (Lipinski definition) is 3. The molecule has 0 radical (unpaired) electrons. The summed E-state index contributed by atoms with van der Waals surface area (Å²) < 4.78 is 27.4. The van der Waals surface area contributed by atoms with E-state index in [0.717, 1.165) is 12.1 Å². The Labute approximate surface area is 149 Å². The molecule has 0 fully saturated rings. The second-order valence-electron chi connectivity index (χ2n) is 6.25. The van der Waals surface area contributed by atoms with Crippen molar-refractivity contribution in [3.8, 4) is 0 Å². The lowest BCUT2D eigenvalue weighted by Gasteiger charge is -2.41. The molecule has 1 aromatic heterocycles. The second kappa shape index (κ2) is 6.70. The molecule has 3 atom stereocenters. The van der Waals surface area contributed by atoms with Gasteiger partial charge < -0.3 is 16.0 Å². The van der Waals surface area contributed by atoms with Crippen LogP contribution >= 0.6 is 0 Å². The van der Waals surface area contributed by atoms with Gasteiger partial charge in [0.05, 0.1) is 17.4 Å². The highest BCUT2D eigenvalue weighted by Gasteiger charge is 2.41. The smallest absolute Gasteiger partial charge is 0.323 e. The number of primary amides is 1. The molecule has 1 aliphatic heterocycles. The summed E-state index contributed by atoms with van der Waals surface area (Å²) in [5, 5.41) is 2.67. The highest BCUT2D eigenvalue weighted by Crippen LogP contribution is 2.36. The molecule has 3 rings (SSSR count). The average Bonchev–Trinajstić information content (AvgIpc) is 2.57. The molecule has 0 bridgehead atoms. The highest BCUT2D eigenvalue weighted by atomic mass is 19.1. The molecular weight excluding hydrogens is 342 g/mol. The topological polar surface area (TPSA) is 88.3 Å². The number of nitrogens with zero attached hydrogens (tertiary/aromatic N) is 2. The van der Waals surface area contributed by atoms with Gasteiger partial charge in [0.1, 0.15) is 17.7 Å². The number of nitrogens with one attached hydrogen (secondary N) is 1. The lowest BCUT2D eigenvalue weighted by atomic mass is 9.89. The third kappa shape index (κ3) is 2.98. The molecule has 1 aliphatic rings. The molecule has 6 nitrogen and oxygen atoms in total. The number of amides is 3. The first kappa shape index (κ1) is 17.8. The summed E-state index contributed by atoms with van der Waals surface area (Å²) in [5.74, 6) is -3.10. The molecule has 1 aromatic carbocycles. The summed E-state index contributed by atoms with van der Waals surface area (Å²) in [6.45, 7) is 3.29. The summed E-state index contributed by atoms with van der Waals surface area (Å²) in [4.78, 5) is 30.3. The van der Waals surface area contributed by atoms with Gasteiger partial charge >= 0.3 is 6.03 Å². The van der Waals surface area contributed by atoms with E-state index in [1.165, 1.54) is 11.0 Å². The fraction of sp³-hybridized carbons (Fsp3) is 0.278. The van der Waals surface area contributed by atoms with Gasteiger partial charge in [0.15, 0.2) is 0 Å². The van der Waals surface area contributed by atoms with Gasteiger partial charge in [0, 0.05) is 18.2 Å². The molecule has 0 saturated carbocycles. The van der Waals surface area contributed by atoms with Crippen LogP contribution < -0.4 is 11.1 Å². The standard InChI is InChI=1S/C18H18F2N4O2/c1-9(12-6-5-11(19)8-13(12)20)16(17(21)25)24-10(2)15-14(23-18(24)26)4-3-7-22-15/h3-10,16H,1-2H3,(H2,21,25)(H,23,26)/t9-,10-,16?/m0/s1. The van der Waals surface area contributed by atoms with Crippen LogP contribution in [0.5, 0.6) is 0 Å². The Bertz CT molecular complexity index is 874. The maximum atomic E-state index is 14.2. The van der Waals surface area contributed by atoms with E-state index in [-0.39, 0.29) is 5.56 Å². The van der Waals surface area contributed by atoms with E-state index in [1.807, 2.05) is 0 Å². The van der Waals surface area contributed by atoms with Crippen molar-refractivity contribution in [1.29, 1.82) is 0 Å². The van der Waals surface area contributed by atoms with Crippen molar-refractivity contribution >= 4 is 17.6 Å². The van der Waals surface area contributed by atoms with Gasteiger partial charge in [0.25, 0.3) is 0 Å². The predicted octanol–water partition coefficient (Wildman–Crippen LogP) is 2.93. The number of urea groups is 1. The van der Waals surface area contributed by atoms with Gasteiger partial charge in [-0.2, -0.15) is 0 Å². The number of carbonyl (C=O) groups is 2. The lowest BCUT2D eigenvalue weighted by molar-refractivity contribution is -0.123. The van der Waals surface area contributed by atoms with Gasteiger partial charge in [-0.3, -0.25) is 9.78 Å². The average molecular weight is 360 g/mol. The number of rotatable bonds is 4. The van der Waals surface area contributed by atoms with E-state index < -0.39 is 41.6 Å². The number of aromatic nitrogens is 1. The van der Waals surface area contributed by atoms with Gasteiger partial charge in [-0.05, 0) is 30.7 Å². The maximum Gasteiger partial charge on any atom is 0.323 e. The molecule has 0 saturated heterocycles. The van der Waals surface area contributed by atoms with E-state index in [1.54, 1.807) is 32.2 Å². The minimum absolute atomic E-state index is 0.0991. The van der Waals surface area contributed by atoms with Crippen molar-refractivity contribution < 1.29 is 18.4 Å². The van der Waals surface area contributed by atoms with Crippen LogP contribution in [0, 0.1) is 11.6 Å². The zero-order valence-corrected chi connectivity index (χ0v) is 14.2. The number of pyridine rings is 1. The number of benzene rings is 1. The molecule has 2 heterocycles. The minimum Gasteiger partial charge on any atom is -0.368 e. The molecule has 2 aromatic rings. The fourth-order valence-electron chi connectivity index (χ4n) is 3.38. The molecular formula is C18H18F2N4O2. The highest BCUT2D eigenvalue weighted by molar-refractivity contribution is 5.96. The molecule has 3 amide bonds. The number of halogens is 2. The van der Waals surface area contributed by atoms with Crippen LogP contribution in [-0.2, 0) is 4.79 Å². The first-order valence-corrected chi connectivity index (χ1v) is 8.09. The van der Waals surface area contributed by atoms with Crippen molar-refractivity contribution in [1.82, 2.24) is 9.88 Å². The number of fused-ring (bicyclic) bond motifs is 1. The first-order valence-electron chi connectivity index (χ1n) is 8.09. The fourth-order valence-corrected chi connectivity index (χ4v) is 3.38. The first-order chi connectivity index (χ1) is 12.3. The number of hydrogen-bond donors (Lipinski definition) is 2. The Balaban J connectivity index is 2.02. The monoisotopic (exact) mass is 360 g/mol. The second-order valence-corrected chi connectivity index (χ2v) is 6.25. The van der Waals surface area contributed by atoms with Crippen LogP contribution in [0.15, 0.2) is 36.5 Å². The van der Waals surface area contributed by atoms with Crippen LogP contribution in [0.1, 0.15) is 37.1 Å². The van der Waals surface area contributed by atoms with Crippen LogP contribution in [0.25, 0.3) is 0 Å². The summed E-state index contributed by atoms with van der Waals surface area (Å²) >= 11 is 0. The van der Waals surface area contributed by atoms with Crippen LogP contribution in [0.2, 0.25) is 0 Å². The molecule has 1 unspecified atom stereocenters. The Kier molecular flexibility index (Phi) is 4.58. The summed E-state index contributed by atoms with van der Waals surface area (Å²) in [6.07, 6.45) is 1.58. The minimum atomic E-state index is -1.14. The Morgan fingerprint density at radius 2 is 2.08 bits per heavy atom. The van der Waals surface area contributed by atoms with Crippen LogP contribution in [0.4, 0.5) is 19.3 Å². The van der Waals surface area contributed by atoms with Gasteiger partial charge in [0.2, 0.25) is 5.91 Å². The quantitative estimate of drug-likeness (QED) is 0.879. The normalized spacial score (nSPS) is 18.7. The Morgan fingerprint density at radius 3 is 2.73 bits per heavy atom. The van der Waals surface area contributed by atoms with Gasteiger partial charge in [-0.1, -0.05) is 13.0 Å². The van der Waals surface area contributed by atoms with Crippen molar-refractivity contribution in [3.05, 3.63) is 59.4 Å². The van der Waals surface area contributed by atoms with Gasteiger partial charge in [-0.15, -0.1) is 0 Å². The third-order valence-corrected chi connectivity index (χ3v) is 4.65. The number of carbonyl (C=O) groups excluding carboxylic acids is 2. The molecule has 8 heteroatoms. The number of nitrogens with two attached hydrogens (primary N) is 1. The summed E-state index contributed by atoms with van der Waals surface area (Å²) in [7, 11) is 0. The summed E-state index contributed by atoms with van der Waals surface area (Å²) in [5.41, 5.74) is 6.77. The number of anilines is 1. The van der Waals surface area contributed by atoms with Crippen LogP contribution in [0.3, 0.4) is 0 Å². The van der Waals surface area contributed by atoms with Crippen LogP contribution in [-0.4, -0.2) is 27.9 Å². The zero-order valence-electron chi connectivity index (χ0n) is 14.2. The van der Waals surface area contributed by atoms with E-state index in [0.29, 0.717) is 11.4 Å². The largest absolute Gasteiger partial charge is 0.368 e.